The van der Waals surface area contributed by atoms with E-state index in [2.05, 4.69) is 27.8 Å². The van der Waals surface area contributed by atoms with Crippen molar-refractivity contribution in [3.63, 3.8) is 0 Å². The SMILES string of the molecule is CCNC(=NCc1ccc(C#N)cc1)NCCc1ccc2c(c1)OCO2.I. The molecule has 0 fully saturated rings. The van der Waals surface area contributed by atoms with Crippen LogP contribution in [0.5, 0.6) is 11.5 Å². The molecule has 0 saturated heterocycles. The van der Waals surface area contributed by atoms with Gasteiger partial charge in [0.05, 0.1) is 18.2 Å². The third kappa shape index (κ3) is 6.03. The van der Waals surface area contributed by atoms with E-state index in [4.69, 9.17) is 14.7 Å². The molecule has 1 aliphatic rings. The van der Waals surface area contributed by atoms with E-state index >= 15 is 0 Å². The Hall–Kier alpha value is -2.47. The number of hydrogen-bond acceptors (Lipinski definition) is 4. The van der Waals surface area contributed by atoms with E-state index in [0.717, 1.165) is 42.5 Å². The highest BCUT2D eigenvalue weighted by Crippen LogP contribution is 2.32. The van der Waals surface area contributed by atoms with Gasteiger partial charge in [-0.2, -0.15) is 5.26 Å². The average Bonchev–Trinajstić information content (AvgIpc) is 3.14. The smallest absolute Gasteiger partial charge is 0.231 e. The van der Waals surface area contributed by atoms with E-state index in [9.17, 15) is 0 Å². The van der Waals surface area contributed by atoms with Crippen molar-refractivity contribution in [2.45, 2.75) is 19.9 Å². The molecule has 0 bridgehead atoms. The molecule has 0 aromatic heterocycles. The lowest BCUT2D eigenvalue weighted by molar-refractivity contribution is 0.174. The van der Waals surface area contributed by atoms with E-state index in [0.29, 0.717) is 18.9 Å². The summed E-state index contributed by atoms with van der Waals surface area (Å²) in [5.74, 6) is 2.39. The molecular weight excluding hydrogens is 455 g/mol. The number of fused-ring (bicyclic) bond motifs is 1. The van der Waals surface area contributed by atoms with Crippen LogP contribution in [0.3, 0.4) is 0 Å². The van der Waals surface area contributed by atoms with Gasteiger partial charge in [0.25, 0.3) is 0 Å². The Balaban J connectivity index is 0.00000261. The zero-order chi connectivity index (χ0) is 18.2. The zero-order valence-corrected chi connectivity index (χ0v) is 17.5. The lowest BCUT2D eigenvalue weighted by atomic mass is 10.1. The Morgan fingerprint density at radius 2 is 1.81 bits per heavy atom. The van der Waals surface area contributed by atoms with Crippen molar-refractivity contribution in [1.82, 2.24) is 10.6 Å². The van der Waals surface area contributed by atoms with Crippen LogP contribution in [0.4, 0.5) is 0 Å². The van der Waals surface area contributed by atoms with Crippen molar-refractivity contribution in [2.24, 2.45) is 4.99 Å². The summed E-state index contributed by atoms with van der Waals surface area (Å²) >= 11 is 0. The summed E-state index contributed by atoms with van der Waals surface area (Å²) in [6.45, 7) is 4.45. The Morgan fingerprint density at radius 1 is 1.07 bits per heavy atom. The molecule has 0 spiro atoms. The average molecular weight is 478 g/mol. The van der Waals surface area contributed by atoms with Gasteiger partial charge in [0.1, 0.15) is 0 Å². The van der Waals surface area contributed by atoms with Crippen LogP contribution in [0, 0.1) is 11.3 Å². The molecule has 2 aromatic rings. The molecular formula is C20H23IN4O2. The maximum absolute atomic E-state index is 8.85. The predicted octanol–water partition coefficient (Wildman–Crippen LogP) is 3.20. The number of nitriles is 1. The Morgan fingerprint density at radius 3 is 2.56 bits per heavy atom. The lowest BCUT2D eigenvalue weighted by Crippen LogP contribution is -2.38. The van der Waals surface area contributed by atoms with Crippen molar-refractivity contribution >= 4 is 29.9 Å². The van der Waals surface area contributed by atoms with Gasteiger partial charge >= 0.3 is 0 Å². The second-order valence-corrected chi connectivity index (χ2v) is 5.87. The van der Waals surface area contributed by atoms with Crippen LogP contribution >= 0.6 is 24.0 Å². The first-order valence-corrected chi connectivity index (χ1v) is 8.68. The molecule has 0 aliphatic carbocycles. The standard InChI is InChI=1S/C20H22N4O2.HI/c1-2-22-20(24-13-17-5-3-16(12-21)4-6-17)23-10-9-15-7-8-18-19(11-15)26-14-25-18;/h3-8,11H,2,9-10,13-14H2,1H3,(H2,22,23,24);1H. The molecule has 0 radical (unpaired) electrons. The van der Waals surface area contributed by atoms with Gasteiger partial charge in [-0.1, -0.05) is 18.2 Å². The minimum Gasteiger partial charge on any atom is -0.454 e. The molecule has 2 N–H and O–H groups in total. The number of guanidine groups is 1. The molecule has 1 heterocycles. The first-order chi connectivity index (χ1) is 12.8. The highest BCUT2D eigenvalue weighted by Gasteiger charge is 2.12. The second-order valence-electron chi connectivity index (χ2n) is 5.87. The molecule has 0 atom stereocenters. The van der Waals surface area contributed by atoms with Gasteiger partial charge in [-0.05, 0) is 48.7 Å². The zero-order valence-electron chi connectivity index (χ0n) is 15.2. The number of halogens is 1. The van der Waals surface area contributed by atoms with Gasteiger partial charge in [0.2, 0.25) is 6.79 Å². The maximum atomic E-state index is 8.85. The van der Waals surface area contributed by atoms with Crippen molar-refractivity contribution in [3.05, 3.63) is 59.2 Å². The number of ether oxygens (including phenoxy) is 2. The molecule has 0 amide bonds. The molecule has 3 rings (SSSR count). The quantitative estimate of drug-likeness (QED) is 0.379. The number of rotatable bonds is 6. The van der Waals surface area contributed by atoms with Crippen LogP contribution < -0.4 is 20.1 Å². The summed E-state index contributed by atoms with van der Waals surface area (Å²) in [5.41, 5.74) is 2.91. The van der Waals surface area contributed by atoms with Gasteiger partial charge in [-0.25, -0.2) is 4.99 Å². The van der Waals surface area contributed by atoms with E-state index < -0.39 is 0 Å². The summed E-state index contributed by atoms with van der Waals surface area (Å²) in [6.07, 6.45) is 0.859. The summed E-state index contributed by atoms with van der Waals surface area (Å²) in [5, 5.41) is 15.4. The van der Waals surface area contributed by atoms with Crippen LogP contribution in [0.15, 0.2) is 47.5 Å². The summed E-state index contributed by atoms with van der Waals surface area (Å²) in [6, 6.07) is 15.6. The first-order valence-electron chi connectivity index (χ1n) is 8.68. The minimum absolute atomic E-state index is 0. The Bertz CT molecular complexity index is 816. The van der Waals surface area contributed by atoms with Gasteiger partial charge in [0.15, 0.2) is 17.5 Å². The fourth-order valence-electron chi connectivity index (χ4n) is 2.62. The fourth-order valence-corrected chi connectivity index (χ4v) is 2.62. The first kappa shape index (κ1) is 20.8. The molecule has 0 unspecified atom stereocenters. The van der Waals surface area contributed by atoms with Crippen LogP contribution in [0.25, 0.3) is 0 Å². The molecule has 6 nitrogen and oxygen atoms in total. The van der Waals surface area contributed by atoms with Crippen molar-refractivity contribution < 1.29 is 9.47 Å². The van der Waals surface area contributed by atoms with Gasteiger partial charge in [-0.3, -0.25) is 0 Å². The van der Waals surface area contributed by atoms with E-state index in [1.165, 1.54) is 5.56 Å². The van der Waals surface area contributed by atoms with E-state index in [1.54, 1.807) is 0 Å². The number of aliphatic imine (C=N–C) groups is 1. The van der Waals surface area contributed by atoms with Crippen LogP contribution in [-0.2, 0) is 13.0 Å². The number of benzene rings is 2. The molecule has 0 saturated carbocycles. The monoisotopic (exact) mass is 478 g/mol. The maximum Gasteiger partial charge on any atom is 0.231 e. The van der Waals surface area contributed by atoms with Crippen LogP contribution in [0.1, 0.15) is 23.6 Å². The van der Waals surface area contributed by atoms with Crippen LogP contribution in [-0.4, -0.2) is 25.8 Å². The predicted molar refractivity (Wildman–Crippen MR) is 116 cm³/mol. The summed E-state index contributed by atoms with van der Waals surface area (Å²) in [4.78, 5) is 4.60. The summed E-state index contributed by atoms with van der Waals surface area (Å²) < 4.78 is 10.7. The van der Waals surface area contributed by atoms with Crippen molar-refractivity contribution in [3.8, 4) is 17.6 Å². The fraction of sp³-hybridized carbons (Fsp3) is 0.300. The van der Waals surface area contributed by atoms with E-state index in [-0.39, 0.29) is 24.0 Å². The van der Waals surface area contributed by atoms with Crippen LogP contribution in [0.2, 0.25) is 0 Å². The number of nitrogens with zero attached hydrogens (tertiary/aromatic N) is 2. The molecule has 1 aliphatic heterocycles. The minimum atomic E-state index is 0. The highest BCUT2D eigenvalue weighted by atomic mass is 127. The van der Waals surface area contributed by atoms with E-state index in [1.807, 2.05) is 43.3 Å². The number of nitrogens with one attached hydrogen (secondary N) is 2. The highest BCUT2D eigenvalue weighted by molar-refractivity contribution is 14.0. The molecule has 7 heteroatoms. The molecule has 142 valence electrons. The third-order valence-electron chi connectivity index (χ3n) is 3.99. The Kier molecular flexibility index (Phi) is 8.20. The lowest BCUT2D eigenvalue weighted by Gasteiger charge is -2.11. The largest absolute Gasteiger partial charge is 0.454 e. The topological polar surface area (TPSA) is 78.7 Å². The van der Waals surface area contributed by atoms with Crippen molar-refractivity contribution in [1.29, 1.82) is 5.26 Å². The molecule has 27 heavy (non-hydrogen) atoms. The van der Waals surface area contributed by atoms with Gasteiger partial charge < -0.3 is 20.1 Å². The number of hydrogen-bond donors (Lipinski definition) is 2. The second kappa shape index (κ2) is 10.6. The third-order valence-corrected chi connectivity index (χ3v) is 3.99. The van der Waals surface area contributed by atoms with Crippen molar-refractivity contribution in [2.75, 3.05) is 19.9 Å². The van der Waals surface area contributed by atoms with Gasteiger partial charge in [-0.15, -0.1) is 24.0 Å². The molecule has 2 aromatic carbocycles. The normalized spacial score (nSPS) is 12.1. The summed E-state index contributed by atoms with van der Waals surface area (Å²) in [7, 11) is 0. The van der Waals surface area contributed by atoms with Gasteiger partial charge in [0, 0.05) is 13.1 Å². The Labute approximate surface area is 176 Å².